The summed E-state index contributed by atoms with van der Waals surface area (Å²) in [6.07, 6.45) is 19.7. The van der Waals surface area contributed by atoms with E-state index in [9.17, 15) is 9.59 Å². The Labute approximate surface area is 166 Å². The molecule has 0 heterocycles. The Morgan fingerprint density at radius 1 is 0.815 bits per heavy atom. The van der Waals surface area contributed by atoms with E-state index in [1.807, 2.05) is 0 Å². The van der Waals surface area contributed by atoms with Crippen LogP contribution in [0, 0.1) is 0 Å². The number of carboxylic acids is 1. The maximum Gasteiger partial charge on any atom is 0.307 e. The molecule has 0 aromatic carbocycles. The standard InChI is InChI=1S/C23H42O4/c1-3-5-7-9-10-11-12-13-14-15-17-19-23(26)27-21(20-22(24)25)18-16-8-6-4-2/h9-10,21H,3-8,11-20H2,1-2H3,(H,24,25)/b10-9-. The quantitative estimate of drug-likeness (QED) is 0.151. The van der Waals surface area contributed by atoms with E-state index in [2.05, 4.69) is 26.0 Å². The minimum absolute atomic E-state index is 0.0797. The van der Waals surface area contributed by atoms with Crippen molar-refractivity contribution in [3.63, 3.8) is 0 Å². The number of unbranched alkanes of at least 4 members (excludes halogenated alkanes) is 10. The molecule has 0 radical (unpaired) electrons. The van der Waals surface area contributed by atoms with Crippen molar-refractivity contribution in [2.24, 2.45) is 0 Å². The molecule has 0 rings (SSSR count). The van der Waals surface area contributed by atoms with E-state index in [0.29, 0.717) is 12.8 Å². The molecule has 0 aliphatic rings. The van der Waals surface area contributed by atoms with Crippen LogP contribution in [-0.4, -0.2) is 23.1 Å². The maximum atomic E-state index is 12.0. The fraction of sp³-hybridized carbons (Fsp3) is 0.826. The predicted molar refractivity (Wildman–Crippen MR) is 112 cm³/mol. The second-order valence-corrected chi connectivity index (χ2v) is 7.48. The van der Waals surface area contributed by atoms with Gasteiger partial charge in [-0.05, 0) is 38.5 Å². The highest BCUT2D eigenvalue weighted by Gasteiger charge is 2.17. The average Bonchev–Trinajstić information content (AvgIpc) is 2.62. The van der Waals surface area contributed by atoms with Crippen molar-refractivity contribution in [2.75, 3.05) is 0 Å². The fourth-order valence-corrected chi connectivity index (χ4v) is 3.06. The van der Waals surface area contributed by atoms with Gasteiger partial charge in [0, 0.05) is 6.42 Å². The first kappa shape index (κ1) is 25.7. The molecule has 1 atom stereocenters. The van der Waals surface area contributed by atoms with Gasteiger partial charge in [-0.3, -0.25) is 9.59 Å². The summed E-state index contributed by atoms with van der Waals surface area (Å²) in [5.41, 5.74) is 0. The molecule has 4 heteroatoms. The molecule has 0 spiro atoms. The van der Waals surface area contributed by atoms with Crippen molar-refractivity contribution in [3.8, 4) is 0 Å². The van der Waals surface area contributed by atoms with Crippen LogP contribution in [0.15, 0.2) is 12.2 Å². The van der Waals surface area contributed by atoms with Crippen molar-refractivity contribution in [2.45, 2.75) is 123 Å². The topological polar surface area (TPSA) is 63.6 Å². The number of carbonyl (C=O) groups is 2. The first-order valence-corrected chi connectivity index (χ1v) is 11.2. The zero-order valence-corrected chi connectivity index (χ0v) is 17.7. The van der Waals surface area contributed by atoms with Crippen molar-refractivity contribution >= 4 is 11.9 Å². The third-order valence-corrected chi connectivity index (χ3v) is 4.72. The third-order valence-electron chi connectivity index (χ3n) is 4.72. The van der Waals surface area contributed by atoms with Gasteiger partial charge in [0.2, 0.25) is 0 Å². The minimum Gasteiger partial charge on any atom is -0.481 e. The predicted octanol–water partition coefficient (Wildman–Crippen LogP) is 6.82. The number of aliphatic carboxylic acids is 1. The van der Waals surface area contributed by atoms with Crippen LogP contribution in [0.1, 0.15) is 117 Å². The number of ether oxygens (including phenoxy) is 1. The van der Waals surface area contributed by atoms with Gasteiger partial charge in [-0.1, -0.05) is 77.4 Å². The first-order valence-electron chi connectivity index (χ1n) is 11.2. The molecular formula is C23H42O4. The van der Waals surface area contributed by atoms with E-state index in [-0.39, 0.29) is 12.4 Å². The number of rotatable bonds is 19. The molecule has 0 aromatic rings. The summed E-state index contributed by atoms with van der Waals surface area (Å²) in [4.78, 5) is 22.9. The first-order chi connectivity index (χ1) is 13.1. The Hall–Kier alpha value is -1.32. The second kappa shape index (κ2) is 19.4. The normalized spacial score (nSPS) is 12.4. The van der Waals surface area contributed by atoms with Crippen LogP contribution in [0.3, 0.4) is 0 Å². The van der Waals surface area contributed by atoms with Crippen molar-refractivity contribution in [1.82, 2.24) is 0 Å². The molecule has 0 saturated heterocycles. The molecule has 0 fully saturated rings. The van der Waals surface area contributed by atoms with Crippen molar-refractivity contribution in [3.05, 3.63) is 12.2 Å². The Bertz CT molecular complexity index is 390. The van der Waals surface area contributed by atoms with E-state index in [1.54, 1.807) is 0 Å². The zero-order chi connectivity index (χ0) is 20.2. The molecule has 27 heavy (non-hydrogen) atoms. The number of carbonyl (C=O) groups excluding carboxylic acids is 1. The highest BCUT2D eigenvalue weighted by molar-refractivity contribution is 5.71. The lowest BCUT2D eigenvalue weighted by molar-refractivity contribution is -0.153. The Morgan fingerprint density at radius 3 is 2.07 bits per heavy atom. The second-order valence-electron chi connectivity index (χ2n) is 7.48. The molecule has 0 aromatic heterocycles. The zero-order valence-electron chi connectivity index (χ0n) is 17.7. The van der Waals surface area contributed by atoms with Crippen molar-refractivity contribution < 1.29 is 19.4 Å². The van der Waals surface area contributed by atoms with Gasteiger partial charge in [-0.25, -0.2) is 0 Å². The number of hydrogen-bond acceptors (Lipinski definition) is 3. The Morgan fingerprint density at radius 2 is 1.41 bits per heavy atom. The van der Waals surface area contributed by atoms with Gasteiger partial charge in [0.25, 0.3) is 0 Å². The number of carboxylic acid groups (broad SMARTS) is 1. The molecule has 0 aliphatic carbocycles. The van der Waals surface area contributed by atoms with Gasteiger partial charge in [-0.15, -0.1) is 0 Å². The summed E-state index contributed by atoms with van der Waals surface area (Å²) >= 11 is 0. The fourth-order valence-electron chi connectivity index (χ4n) is 3.06. The SMILES string of the molecule is CCCC/C=C\CCCCCCCC(=O)OC(CCCCCC)CC(=O)O. The Balaban J connectivity index is 3.72. The Kier molecular flexibility index (Phi) is 18.5. The lowest BCUT2D eigenvalue weighted by Gasteiger charge is -2.16. The molecule has 0 amide bonds. The molecule has 0 saturated carbocycles. The molecule has 158 valence electrons. The highest BCUT2D eigenvalue weighted by Crippen LogP contribution is 2.14. The average molecular weight is 383 g/mol. The van der Waals surface area contributed by atoms with E-state index in [4.69, 9.17) is 9.84 Å². The summed E-state index contributed by atoms with van der Waals surface area (Å²) in [7, 11) is 0. The summed E-state index contributed by atoms with van der Waals surface area (Å²) in [5.74, 6) is -1.14. The molecule has 0 bridgehead atoms. The lowest BCUT2D eigenvalue weighted by atomic mass is 10.1. The van der Waals surface area contributed by atoms with Gasteiger partial charge in [-0.2, -0.15) is 0 Å². The summed E-state index contributed by atoms with van der Waals surface area (Å²) in [5, 5.41) is 8.98. The van der Waals surface area contributed by atoms with Crippen LogP contribution in [0.2, 0.25) is 0 Å². The highest BCUT2D eigenvalue weighted by atomic mass is 16.5. The molecule has 0 aliphatic heterocycles. The monoisotopic (exact) mass is 382 g/mol. The van der Waals surface area contributed by atoms with Gasteiger partial charge in [0.15, 0.2) is 0 Å². The van der Waals surface area contributed by atoms with Crippen LogP contribution in [0.25, 0.3) is 0 Å². The van der Waals surface area contributed by atoms with E-state index < -0.39 is 12.1 Å². The molecule has 1 unspecified atom stereocenters. The van der Waals surface area contributed by atoms with Gasteiger partial charge in [0.05, 0.1) is 6.42 Å². The van der Waals surface area contributed by atoms with Crippen LogP contribution in [0.4, 0.5) is 0 Å². The summed E-state index contributed by atoms with van der Waals surface area (Å²) < 4.78 is 5.40. The molecule has 4 nitrogen and oxygen atoms in total. The number of allylic oxidation sites excluding steroid dienone is 2. The summed E-state index contributed by atoms with van der Waals surface area (Å²) in [6, 6.07) is 0. The molecule has 1 N–H and O–H groups in total. The van der Waals surface area contributed by atoms with E-state index in [0.717, 1.165) is 51.4 Å². The van der Waals surface area contributed by atoms with Gasteiger partial charge < -0.3 is 9.84 Å². The third kappa shape index (κ3) is 19.3. The van der Waals surface area contributed by atoms with E-state index in [1.165, 1.54) is 32.1 Å². The molecular weight excluding hydrogens is 340 g/mol. The maximum absolute atomic E-state index is 12.0. The van der Waals surface area contributed by atoms with Gasteiger partial charge in [0.1, 0.15) is 6.10 Å². The van der Waals surface area contributed by atoms with Crippen molar-refractivity contribution in [1.29, 1.82) is 0 Å². The van der Waals surface area contributed by atoms with Crippen LogP contribution < -0.4 is 0 Å². The van der Waals surface area contributed by atoms with Crippen LogP contribution in [-0.2, 0) is 14.3 Å². The number of hydrogen-bond donors (Lipinski definition) is 1. The van der Waals surface area contributed by atoms with E-state index >= 15 is 0 Å². The van der Waals surface area contributed by atoms with Crippen LogP contribution >= 0.6 is 0 Å². The minimum atomic E-state index is -0.896. The summed E-state index contributed by atoms with van der Waals surface area (Å²) in [6.45, 7) is 4.35. The van der Waals surface area contributed by atoms with Crippen LogP contribution in [0.5, 0.6) is 0 Å². The lowest BCUT2D eigenvalue weighted by Crippen LogP contribution is -2.21. The number of esters is 1. The largest absolute Gasteiger partial charge is 0.481 e. The van der Waals surface area contributed by atoms with Gasteiger partial charge >= 0.3 is 11.9 Å². The smallest absolute Gasteiger partial charge is 0.307 e.